The fraction of sp³-hybridized carbons (Fsp3) is 0.522. The molecule has 1 aromatic rings. The summed E-state index contributed by atoms with van der Waals surface area (Å²) in [7, 11) is 3.02. The molecule has 0 aliphatic carbocycles. The highest BCUT2D eigenvalue weighted by Crippen LogP contribution is 2.47. The summed E-state index contributed by atoms with van der Waals surface area (Å²) < 4.78 is 21.8. The van der Waals surface area contributed by atoms with Gasteiger partial charge in [-0.2, -0.15) is 0 Å². The summed E-state index contributed by atoms with van der Waals surface area (Å²) in [6.07, 6.45) is -0.120. The predicted molar refractivity (Wildman–Crippen MR) is 125 cm³/mol. The Morgan fingerprint density at radius 3 is 2.56 bits per heavy atom. The van der Waals surface area contributed by atoms with Crippen molar-refractivity contribution in [3.05, 3.63) is 35.0 Å². The number of methoxy groups -OCH3 is 2. The molecule has 2 amide bonds. The maximum Gasteiger partial charge on any atom is 0.352 e. The summed E-state index contributed by atoms with van der Waals surface area (Å²) in [5, 5.41) is 11.8. The number of hydrogen-bond acceptors (Lipinski definition) is 8. The molecule has 1 aromatic carbocycles. The minimum absolute atomic E-state index is 0.0328. The molecule has 2 N–H and O–H groups in total. The van der Waals surface area contributed by atoms with E-state index in [0.717, 1.165) is 0 Å². The maximum atomic E-state index is 13.3. The quantitative estimate of drug-likeness (QED) is 0.350. The summed E-state index contributed by atoms with van der Waals surface area (Å²) in [6.45, 7) is 5.67. The topological polar surface area (TPSA) is 124 Å². The van der Waals surface area contributed by atoms with Crippen LogP contribution in [0.3, 0.4) is 0 Å². The Morgan fingerprint density at radius 1 is 1.26 bits per heavy atom. The first-order valence-electron chi connectivity index (χ1n) is 10.9. The number of fused-ring (bicyclic) bond motifs is 1. The van der Waals surface area contributed by atoms with E-state index < -0.39 is 28.9 Å². The molecule has 0 bridgehead atoms. The average molecular weight is 495 g/mol. The molecular formula is C23H30N2O8S. The summed E-state index contributed by atoms with van der Waals surface area (Å²) in [5.41, 5.74) is -0.588. The second-order valence-corrected chi connectivity index (χ2v) is 9.11. The van der Waals surface area contributed by atoms with E-state index in [-0.39, 0.29) is 31.4 Å². The first kappa shape index (κ1) is 25.9. The molecule has 2 aliphatic rings. The van der Waals surface area contributed by atoms with Gasteiger partial charge in [0.25, 0.3) is 11.6 Å². The van der Waals surface area contributed by atoms with Crippen LogP contribution in [-0.4, -0.2) is 78.2 Å². The van der Waals surface area contributed by atoms with E-state index in [1.165, 1.54) is 30.9 Å². The van der Waals surface area contributed by atoms with E-state index in [1.54, 1.807) is 25.1 Å². The number of hydrogen-bond donors (Lipinski definition) is 2. The molecule has 0 aromatic heterocycles. The average Bonchev–Trinajstić information content (AvgIpc) is 2.81. The number of carboxylic acid groups (broad SMARTS) is 1. The molecule has 2 atom stereocenters. The third kappa shape index (κ3) is 4.86. The van der Waals surface area contributed by atoms with Crippen molar-refractivity contribution >= 4 is 29.5 Å². The number of ether oxygens (including phenoxy) is 4. The van der Waals surface area contributed by atoms with Crippen LogP contribution in [0.2, 0.25) is 0 Å². The number of aliphatic carboxylic acids is 1. The van der Waals surface area contributed by atoms with Gasteiger partial charge in [0.2, 0.25) is 5.91 Å². The van der Waals surface area contributed by atoms with Crippen molar-refractivity contribution in [2.75, 3.05) is 33.2 Å². The van der Waals surface area contributed by atoms with Crippen LogP contribution >= 0.6 is 11.8 Å². The fourth-order valence-corrected chi connectivity index (χ4v) is 5.30. The Labute approximate surface area is 202 Å². The largest absolute Gasteiger partial charge is 0.493 e. The van der Waals surface area contributed by atoms with Gasteiger partial charge in [0, 0.05) is 12.4 Å². The van der Waals surface area contributed by atoms with Crippen molar-refractivity contribution in [1.82, 2.24) is 10.2 Å². The van der Waals surface area contributed by atoms with Crippen molar-refractivity contribution in [2.45, 2.75) is 44.4 Å². The van der Waals surface area contributed by atoms with Gasteiger partial charge >= 0.3 is 5.97 Å². The van der Waals surface area contributed by atoms with Crippen molar-refractivity contribution in [3.8, 4) is 11.5 Å². The number of nitrogens with zero attached hydrogens (tertiary/aromatic N) is 1. The lowest BCUT2D eigenvalue weighted by molar-refractivity contribution is -0.197. The molecule has 0 spiro atoms. The second kappa shape index (κ2) is 10.7. The first-order valence-corrected chi connectivity index (χ1v) is 11.9. The van der Waals surface area contributed by atoms with E-state index in [1.807, 2.05) is 13.8 Å². The van der Waals surface area contributed by atoms with E-state index >= 15 is 0 Å². The Hall–Kier alpha value is -2.76. The summed E-state index contributed by atoms with van der Waals surface area (Å²) in [5.74, 6) is -0.929. The van der Waals surface area contributed by atoms with E-state index in [9.17, 15) is 19.5 Å². The lowest BCUT2D eigenvalue weighted by atomic mass is 9.97. The molecule has 0 radical (unpaired) electrons. The lowest BCUT2D eigenvalue weighted by Crippen LogP contribution is -2.81. The lowest BCUT2D eigenvalue weighted by Gasteiger charge is -2.56. The van der Waals surface area contributed by atoms with E-state index in [2.05, 4.69) is 5.32 Å². The van der Waals surface area contributed by atoms with Crippen LogP contribution in [-0.2, 0) is 30.3 Å². The van der Waals surface area contributed by atoms with Gasteiger partial charge in [0.1, 0.15) is 11.1 Å². The number of carbonyl (C=O) groups excluding carboxylic acids is 2. The van der Waals surface area contributed by atoms with Crippen LogP contribution in [0.15, 0.2) is 29.5 Å². The van der Waals surface area contributed by atoms with Crippen molar-refractivity contribution in [2.24, 2.45) is 0 Å². The maximum absolute atomic E-state index is 13.3. The molecule has 34 heavy (non-hydrogen) atoms. The Balaban J connectivity index is 1.81. The van der Waals surface area contributed by atoms with Crippen LogP contribution in [0.4, 0.5) is 0 Å². The molecule has 3 rings (SSSR count). The number of nitrogens with one attached hydrogen (secondary N) is 1. The van der Waals surface area contributed by atoms with Gasteiger partial charge in [0.15, 0.2) is 11.5 Å². The van der Waals surface area contributed by atoms with Gasteiger partial charge < -0.3 is 29.4 Å². The SMILES string of the molecule is CCOC1(NC(=O)Cc2ccc(OC)c(OC)c2)C(=O)N2C(C(=O)O)=C(COC(C)C)CS[C@H]21. The normalized spacial score (nSPS) is 21.8. The Kier molecular flexibility index (Phi) is 8.11. The predicted octanol–water partition coefficient (Wildman–Crippen LogP) is 1.77. The van der Waals surface area contributed by atoms with E-state index in [4.69, 9.17) is 18.9 Å². The molecule has 1 unspecified atom stereocenters. The number of β-lactam (4-membered cyclic amide) rings is 1. The molecule has 1 saturated heterocycles. The number of benzene rings is 1. The zero-order valence-corrected chi connectivity index (χ0v) is 20.7. The Bertz CT molecular complexity index is 995. The number of carboxylic acids is 1. The van der Waals surface area contributed by atoms with Gasteiger partial charge in [0.05, 0.1) is 33.4 Å². The summed E-state index contributed by atoms with van der Waals surface area (Å²) in [4.78, 5) is 39.4. The second-order valence-electron chi connectivity index (χ2n) is 8.04. The standard InChI is InChI=1S/C23H30N2O8S/c1-6-33-23(24-18(26)10-14-7-8-16(30-4)17(9-14)31-5)21(29)25-19(20(27)28)15(11-32-13(2)3)12-34-22(23)25/h7-9,13,22H,6,10-12H2,1-5H3,(H,24,26)(H,27,28)/t22-,23?/m0/s1. The van der Waals surface area contributed by atoms with Crippen LogP contribution in [0, 0.1) is 0 Å². The highest BCUT2D eigenvalue weighted by Gasteiger charge is 2.66. The third-order valence-electron chi connectivity index (χ3n) is 5.41. The molecule has 10 nitrogen and oxygen atoms in total. The fourth-order valence-electron chi connectivity index (χ4n) is 3.91. The van der Waals surface area contributed by atoms with Crippen molar-refractivity contribution in [1.29, 1.82) is 0 Å². The summed E-state index contributed by atoms with van der Waals surface area (Å²) in [6, 6.07) is 5.10. The molecular weight excluding hydrogens is 464 g/mol. The molecule has 1 fully saturated rings. The highest BCUT2D eigenvalue weighted by atomic mass is 32.2. The zero-order chi connectivity index (χ0) is 25.0. The third-order valence-corrected chi connectivity index (χ3v) is 6.79. The monoisotopic (exact) mass is 494 g/mol. The van der Waals surface area contributed by atoms with Crippen molar-refractivity contribution < 1.29 is 38.4 Å². The van der Waals surface area contributed by atoms with Gasteiger partial charge in [-0.05, 0) is 44.0 Å². The minimum atomic E-state index is -1.64. The van der Waals surface area contributed by atoms with E-state index in [0.29, 0.717) is 28.4 Å². The minimum Gasteiger partial charge on any atom is -0.493 e. The number of carbonyl (C=O) groups is 3. The number of rotatable bonds is 11. The van der Waals surface area contributed by atoms with Crippen LogP contribution in [0.5, 0.6) is 11.5 Å². The molecule has 0 saturated carbocycles. The van der Waals surface area contributed by atoms with Crippen LogP contribution in [0.25, 0.3) is 0 Å². The van der Waals surface area contributed by atoms with Gasteiger partial charge in [-0.3, -0.25) is 14.5 Å². The van der Waals surface area contributed by atoms with Gasteiger partial charge in [-0.1, -0.05) is 6.07 Å². The van der Waals surface area contributed by atoms with Gasteiger partial charge in [-0.15, -0.1) is 11.8 Å². The molecule has 186 valence electrons. The molecule has 11 heteroatoms. The number of thioether (sulfide) groups is 1. The molecule has 2 aliphatic heterocycles. The smallest absolute Gasteiger partial charge is 0.352 e. The van der Waals surface area contributed by atoms with Crippen LogP contribution < -0.4 is 14.8 Å². The van der Waals surface area contributed by atoms with Crippen molar-refractivity contribution in [3.63, 3.8) is 0 Å². The number of amides is 2. The van der Waals surface area contributed by atoms with Gasteiger partial charge in [-0.25, -0.2) is 4.79 Å². The van der Waals surface area contributed by atoms with Crippen LogP contribution in [0.1, 0.15) is 26.3 Å². The zero-order valence-electron chi connectivity index (χ0n) is 19.9. The molecule has 2 heterocycles. The first-order chi connectivity index (χ1) is 16.2. The summed E-state index contributed by atoms with van der Waals surface area (Å²) >= 11 is 1.33. The highest BCUT2D eigenvalue weighted by molar-refractivity contribution is 8.00. The Morgan fingerprint density at radius 2 is 1.97 bits per heavy atom.